The van der Waals surface area contributed by atoms with Gasteiger partial charge < -0.3 is 23.4 Å². The van der Waals surface area contributed by atoms with Gasteiger partial charge in [0.05, 0.1) is 26.2 Å². The quantitative estimate of drug-likeness (QED) is 0.430. The van der Waals surface area contributed by atoms with Crippen LogP contribution < -0.4 is 9.47 Å². The van der Waals surface area contributed by atoms with Gasteiger partial charge in [-0.25, -0.2) is 0 Å². The van der Waals surface area contributed by atoms with E-state index >= 15 is 0 Å². The van der Waals surface area contributed by atoms with Crippen LogP contribution in [0.3, 0.4) is 0 Å². The van der Waals surface area contributed by atoms with Crippen LogP contribution >= 0.6 is 0 Å². The zero-order chi connectivity index (χ0) is 21.3. The van der Waals surface area contributed by atoms with E-state index in [4.69, 9.17) is 23.4 Å². The number of methoxy groups -OCH3 is 1. The molecule has 156 valence electrons. The van der Waals surface area contributed by atoms with Gasteiger partial charge in [-0.3, -0.25) is 0 Å². The van der Waals surface area contributed by atoms with E-state index in [0.29, 0.717) is 6.61 Å². The number of hydrogen-bond donors (Lipinski definition) is 1. The third kappa shape index (κ3) is 5.55. The van der Waals surface area contributed by atoms with E-state index in [0.717, 1.165) is 45.3 Å². The second-order valence-corrected chi connectivity index (χ2v) is 6.70. The van der Waals surface area contributed by atoms with Gasteiger partial charge in [-0.2, -0.15) is 0 Å². The minimum atomic E-state index is 0.0718. The largest absolute Gasteiger partial charge is 0.497 e. The summed E-state index contributed by atoms with van der Waals surface area (Å²) in [6.45, 7) is 4.35. The number of furan rings is 2. The Morgan fingerprint density at radius 3 is 1.60 bits per heavy atom. The van der Waals surface area contributed by atoms with E-state index in [1.165, 1.54) is 0 Å². The highest BCUT2D eigenvalue weighted by Crippen LogP contribution is 2.25. The Kier molecular flexibility index (Phi) is 7.35. The fraction of sp³-hybridized carbons (Fsp3) is 0.200. The maximum Gasteiger partial charge on any atom is 0.119 e. The molecule has 0 unspecified atom stereocenters. The van der Waals surface area contributed by atoms with Crippen LogP contribution in [0, 0.1) is 13.8 Å². The molecule has 0 aliphatic heterocycles. The molecule has 2 heterocycles. The Hall–Kier alpha value is -3.44. The van der Waals surface area contributed by atoms with Crippen molar-refractivity contribution in [1.82, 2.24) is 0 Å². The maximum atomic E-state index is 8.55. The van der Waals surface area contributed by atoms with Crippen molar-refractivity contribution in [3.63, 3.8) is 0 Å². The molecule has 2 aromatic heterocycles. The van der Waals surface area contributed by atoms with Gasteiger partial charge in [-0.05, 0) is 61.4 Å². The predicted octanol–water partition coefficient (Wildman–Crippen LogP) is 5.92. The van der Waals surface area contributed by atoms with Crippen LogP contribution in [0.1, 0.15) is 22.6 Å². The van der Waals surface area contributed by atoms with Gasteiger partial charge in [0.15, 0.2) is 0 Å². The van der Waals surface area contributed by atoms with Crippen molar-refractivity contribution >= 4 is 0 Å². The molecule has 4 rings (SSSR count). The molecule has 4 aromatic rings. The van der Waals surface area contributed by atoms with Crippen molar-refractivity contribution in [2.75, 3.05) is 7.11 Å². The van der Waals surface area contributed by atoms with Crippen LogP contribution in [0.2, 0.25) is 0 Å². The van der Waals surface area contributed by atoms with Crippen LogP contribution in [-0.4, -0.2) is 12.2 Å². The summed E-state index contributed by atoms with van der Waals surface area (Å²) in [7, 11) is 1.67. The van der Waals surface area contributed by atoms with E-state index in [9.17, 15) is 0 Å². The molecule has 0 saturated heterocycles. The van der Waals surface area contributed by atoms with Gasteiger partial charge in [0.2, 0.25) is 0 Å². The second kappa shape index (κ2) is 10.4. The predicted molar refractivity (Wildman–Crippen MR) is 116 cm³/mol. The Labute approximate surface area is 176 Å². The number of ether oxygens (including phenoxy) is 2. The van der Waals surface area contributed by atoms with E-state index in [-0.39, 0.29) is 6.61 Å². The average Bonchev–Trinajstić information content (AvgIpc) is 3.40. The zero-order valence-electron chi connectivity index (χ0n) is 17.4. The first-order valence-corrected chi connectivity index (χ1v) is 9.64. The van der Waals surface area contributed by atoms with E-state index < -0.39 is 0 Å². The lowest BCUT2D eigenvalue weighted by atomic mass is 10.1. The van der Waals surface area contributed by atoms with Crippen LogP contribution in [-0.2, 0) is 13.2 Å². The van der Waals surface area contributed by atoms with E-state index in [1.54, 1.807) is 25.7 Å². The summed E-state index contributed by atoms with van der Waals surface area (Å²) in [4.78, 5) is 0. The highest BCUT2D eigenvalue weighted by atomic mass is 16.5. The Balaban J connectivity index is 0.000000269. The SMILES string of the molecule is COc1ccc(-c2ccc(OCc3ccoc3C)cc2)cc1.Cc1occc1CO. The molecule has 30 heavy (non-hydrogen) atoms. The van der Waals surface area contributed by atoms with Crippen molar-refractivity contribution in [3.05, 3.63) is 95.8 Å². The number of aliphatic hydroxyl groups excluding tert-OH is 1. The molecule has 0 fully saturated rings. The summed E-state index contributed by atoms with van der Waals surface area (Å²) < 4.78 is 21.1. The third-order valence-corrected chi connectivity index (χ3v) is 4.77. The summed E-state index contributed by atoms with van der Waals surface area (Å²) in [6.07, 6.45) is 3.25. The second-order valence-electron chi connectivity index (χ2n) is 6.70. The highest BCUT2D eigenvalue weighted by molar-refractivity contribution is 5.64. The van der Waals surface area contributed by atoms with Crippen molar-refractivity contribution < 1.29 is 23.4 Å². The summed E-state index contributed by atoms with van der Waals surface area (Å²) in [6, 6.07) is 19.8. The van der Waals surface area contributed by atoms with Crippen molar-refractivity contribution in [2.45, 2.75) is 27.1 Å². The van der Waals surface area contributed by atoms with Crippen LogP contribution in [0.25, 0.3) is 11.1 Å². The molecule has 2 aromatic carbocycles. The Morgan fingerprint density at radius 2 is 1.20 bits per heavy atom. The van der Waals surface area contributed by atoms with Gasteiger partial charge in [-0.15, -0.1) is 0 Å². The fourth-order valence-electron chi connectivity index (χ4n) is 2.82. The zero-order valence-corrected chi connectivity index (χ0v) is 17.4. The summed E-state index contributed by atoms with van der Waals surface area (Å²) in [5.74, 6) is 3.40. The number of aryl methyl sites for hydroxylation is 2. The molecule has 0 bridgehead atoms. The van der Waals surface area contributed by atoms with E-state index in [1.807, 2.05) is 56.3 Å². The summed E-state index contributed by atoms with van der Waals surface area (Å²) >= 11 is 0. The molecule has 0 radical (unpaired) electrons. The first kappa shape index (κ1) is 21.3. The lowest BCUT2D eigenvalue weighted by Gasteiger charge is -2.07. The van der Waals surface area contributed by atoms with Crippen molar-refractivity contribution in [2.24, 2.45) is 0 Å². The lowest BCUT2D eigenvalue weighted by Crippen LogP contribution is -1.95. The number of hydrogen-bond acceptors (Lipinski definition) is 5. The first-order valence-electron chi connectivity index (χ1n) is 9.64. The minimum absolute atomic E-state index is 0.0718. The van der Waals surface area contributed by atoms with Crippen LogP contribution in [0.5, 0.6) is 11.5 Å². The van der Waals surface area contributed by atoms with Gasteiger partial charge in [0.1, 0.15) is 29.6 Å². The first-order chi connectivity index (χ1) is 14.6. The molecule has 0 saturated carbocycles. The van der Waals surface area contributed by atoms with Gasteiger partial charge in [0.25, 0.3) is 0 Å². The molecular formula is C25H26O5. The van der Waals surface area contributed by atoms with Crippen LogP contribution in [0.15, 0.2) is 82.0 Å². The van der Waals surface area contributed by atoms with Gasteiger partial charge in [-0.1, -0.05) is 24.3 Å². The standard InChI is InChI=1S/C19H18O3.C6H8O2/c1-14-17(11-12-21-14)13-22-19-9-5-16(6-10-19)15-3-7-18(20-2)8-4-15;1-5-6(4-7)2-3-8-5/h3-12H,13H2,1-2H3;2-3,7H,4H2,1H3. The lowest BCUT2D eigenvalue weighted by molar-refractivity contribution is 0.279. The van der Waals surface area contributed by atoms with E-state index in [2.05, 4.69) is 12.1 Å². The summed E-state index contributed by atoms with van der Waals surface area (Å²) in [5, 5.41) is 8.55. The number of benzene rings is 2. The normalized spacial score (nSPS) is 10.3. The smallest absolute Gasteiger partial charge is 0.119 e. The monoisotopic (exact) mass is 406 g/mol. The molecule has 0 aliphatic rings. The molecule has 5 nitrogen and oxygen atoms in total. The van der Waals surface area contributed by atoms with Crippen molar-refractivity contribution in [1.29, 1.82) is 0 Å². The van der Waals surface area contributed by atoms with Crippen molar-refractivity contribution in [3.8, 4) is 22.6 Å². The molecule has 5 heteroatoms. The number of rotatable bonds is 6. The molecule has 0 amide bonds. The fourth-order valence-corrected chi connectivity index (χ4v) is 2.82. The molecule has 1 N–H and O–H groups in total. The third-order valence-electron chi connectivity index (χ3n) is 4.77. The summed E-state index contributed by atoms with van der Waals surface area (Å²) in [5.41, 5.74) is 4.23. The highest BCUT2D eigenvalue weighted by Gasteiger charge is 2.03. The molecule has 0 atom stereocenters. The minimum Gasteiger partial charge on any atom is -0.497 e. The average molecular weight is 406 g/mol. The Morgan fingerprint density at radius 1 is 0.700 bits per heavy atom. The molecular weight excluding hydrogens is 380 g/mol. The molecule has 0 spiro atoms. The number of aliphatic hydroxyl groups is 1. The Bertz CT molecular complexity index is 1030. The topological polar surface area (TPSA) is 65.0 Å². The molecule has 0 aliphatic carbocycles. The van der Waals surface area contributed by atoms with Gasteiger partial charge in [0, 0.05) is 11.1 Å². The van der Waals surface area contributed by atoms with Gasteiger partial charge >= 0.3 is 0 Å². The maximum absolute atomic E-state index is 8.55. The van der Waals surface area contributed by atoms with Crippen LogP contribution in [0.4, 0.5) is 0 Å².